The van der Waals surface area contributed by atoms with Gasteiger partial charge in [-0.05, 0) is 17.7 Å². The summed E-state index contributed by atoms with van der Waals surface area (Å²) in [6.45, 7) is 4.34. The maximum absolute atomic E-state index is 10.8. The van der Waals surface area contributed by atoms with E-state index in [0.29, 0.717) is 11.8 Å². The molecule has 0 bridgehead atoms. The second-order valence-electron chi connectivity index (χ2n) is 3.87. The van der Waals surface area contributed by atoms with Crippen LogP contribution in [0.25, 0.3) is 0 Å². The maximum atomic E-state index is 10.8. The number of nitrogens with one attached hydrogen (secondary N) is 2. The van der Waals surface area contributed by atoms with Crippen molar-refractivity contribution in [3.63, 3.8) is 0 Å². The van der Waals surface area contributed by atoms with Gasteiger partial charge in [0.15, 0.2) is 0 Å². The average Bonchev–Trinajstić information content (AvgIpc) is 2.30. The third-order valence-corrected chi connectivity index (χ3v) is 2.59. The van der Waals surface area contributed by atoms with Crippen LogP contribution in [0.4, 0.5) is 0 Å². The molecule has 0 saturated carbocycles. The Labute approximate surface area is 107 Å². The van der Waals surface area contributed by atoms with E-state index in [1.807, 2.05) is 24.3 Å². The number of piperazine rings is 1. The summed E-state index contributed by atoms with van der Waals surface area (Å²) in [6, 6.07) is 7.98. The number of halogens is 1. The van der Waals surface area contributed by atoms with Gasteiger partial charge in [-0.1, -0.05) is 12.1 Å². The Kier molecular flexibility index (Phi) is 5.41. The fourth-order valence-electron chi connectivity index (χ4n) is 1.82. The minimum absolute atomic E-state index is 0. The summed E-state index contributed by atoms with van der Waals surface area (Å²) in [6.07, 6.45) is 0. The van der Waals surface area contributed by atoms with Crippen molar-refractivity contribution >= 4 is 18.4 Å². The number of esters is 1. The highest BCUT2D eigenvalue weighted by Crippen LogP contribution is 2.18. The Bertz CT molecular complexity index is 361. The second kappa shape index (κ2) is 6.59. The predicted octanol–water partition coefficient (Wildman–Crippen LogP) is 1.27. The topological polar surface area (TPSA) is 50.4 Å². The molecule has 0 amide bonds. The number of carbonyl (C=O) groups excluding carboxylic acids is 1. The zero-order valence-electron chi connectivity index (χ0n) is 9.73. The first-order valence-electron chi connectivity index (χ1n) is 5.48. The molecule has 4 nitrogen and oxygen atoms in total. The van der Waals surface area contributed by atoms with Gasteiger partial charge in [-0.3, -0.25) is 4.79 Å². The summed E-state index contributed by atoms with van der Waals surface area (Å²) >= 11 is 0. The molecular weight excluding hydrogens is 240 g/mol. The highest BCUT2D eigenvalue weighted by Gasteiger charge is 2.13. The number of carbonyl (C=O) groups is 1. The van der Waals surface area contributed by atoms with Crippen molar-refractivity contribution in [3.05, 3.63) is 29.8 Å². The van der Waals surface area contributed by atoms with Gasteiger partial charge in [0.1, 0.15) is 5.75 Å². The van der Waals surface area contributed by atoms with E-state index in [1.54, 1.807) is 0 Å². The molecule has 2 rings (SSSR count). The Hall–Kier alpha value is -1.10. The first kappa shape index (κ1) is 14.0. The van der Waals surface area contributed by atoms with Crippen LogP contribution < -0.4 is 15.4 Å². The highest BCUT2D eigenvalue weighted by atomic mass is 35.5. The molecule has 94 valence electrons. The molecule has 1 heterocycles. The number of hydrogen-bond acceptors (Lipinski definition) is 4. The normalized spacial score (nSPS) is 19.2. The van der Waals surface area contributed by atoms with Gasteiger partial charge in [-0.15, -0.1) is 12.4 Å². The van der Waals surface area contributed by atoms with Crippen LogP contribution in [0.2, 0.25) is 0 Å². The van der Waals surface area contributed by atoms with E-state index in [9.17, 15) is 4.79 Å². The van der Waals surface area contributed by atoms with Crippen LogP contribution in [0, 0.1) is 0 Å². The fraction of sp³-hybridized carbons (Fsp3) is 0.417. The standard InChI is InChI=1S/C12H16N2O2.ClH/c1-9(15)16-11-4-2-10(3-5-11)12-8-13-6-7-14-12;/h2-5,12-14H,6-8H2,1H3;1H/t12-;/m1./s1. The first-order valence-corrected chi connectivity index (χ1v) is 5.48. The molecule has 1 aliphatic rings. The first-order chi connectivity index (χ1) is 7.75. The van der Waals surface area contributed by atoms with Gasteiger partial charge in [-0.2, -0.15) is 0 Å². The van der Waals surface area contributed by atoms with Crippen molar-refractivity contribution in [2.24, 2.45) is 0 Å². The third kappa shape index (κ3) is 4.00. The zero-order chi connectivity index (χ0) is 11.4. The maximum Gasteiger partial charge on any atom is 0.308 e. The smallest absolute Gasteiger partial charge is 0.308 e. The predicted molar refractivity (Wildman–Crippen MR) is 68.6 cm³/mol. The quantitative estimate of drug-likeness (QED) is 0.618. The van der Waals surface area contributed by atoms with Gasteiger partial charge >= 0.3 is 5.97 Å². The fourth-order valence-corrected chi connectivity index (χ4v) is 1.82. The van der Waals surface area contributed by atoms with Crippen LogP contribution in [0.5, 0.6) is 5.75 Å². The lowest BCUT2D eigenvalue weighted by Crippen LogP contribution is -2.42. The van der Waals surface area contributed by atoms with Crippen molar-refractivity contribution in [1.82, 2.24) is 10.6 Å². The van der Waals surface area contributed by atoms with Crippen LogP contribution in [-0.4, -0.2) is 25.6 Å². The largest absolute Gasteiger partial charge is 0.427 e. The van der Waals surface area contributed by atoms with Gasteiger partial charge in [0.05, 0.1) is 0 Å². The van der Waals surface area contributed by atoms with Crippen molar-refractivity contribution in [1.29, 1.82) is 0 Å². The summed E-state index contributed by atoms with van der Waals surface area (Å²) in [4.78, 5) is 10.8. The zero-order valence-corrected chi connectivity index (χ0v) is 10.5. The third-order valence-electron chi connectivity index (χ3n) is 2.59. The van der Waals surface area contributed by atoms with E-state index in [-0.39, 0.29) is 18.4 Å². The van der Waals surface area contributed by atoms with E-state index in [0.717, 1.165) is 19.6 Å². The number of ether oxygens (including phenoxy) is 1. The second-order valence-corrected chi connectivity index (χ2v) is 3.87. The summed E-state index contributed by atoms with van der Waals surface area (Å²) in [7, 11) is 0. The SMILES string of the molecule is CC(=O)Oc1ccc([C@H]2CNCCN2)cc1.Cl. The van der Waals surface area contributed by atoms with E-state index < -0.39 is 0 Å². The molecular formula is C12H17ClN2O2. The summed E-state index contributed by atoms with van der Waals surface area (Å²) in [5.74, 6) is 0.310. The molecule has 17 heavy (non-hydrogen) atoms. The van der Waals surface area contributed by atoms with Crippen molar-refractivity contribution in [2.75, 3.05) is 19.6 Å². The van der Waals surface area contributed by atoms with E-state index in [4.69, 9.17) is 4.74 Å². The van der Waals surface area contributed by atoms with E-state index in [2.05, 4.69) is 10.6 Å². The average molecular weight is 257 g/mol. The molecule has 5 heteroatoms. The van der Waals surface area contributed by atoms with E-state index in [1.165, 1.54) is 12.5 Å². The van der Waals surface area contributed by atoms with Crippen LogP contribution in [0.3, 0.4) is 0 Å². The van der Waals surface area contributed by atoms with Crippen LogP contribution >= 0.6 is 12.4 Å². The number of benzene rings is 1. The van der Waals surface area contributed by atoms with Crippen molar-refractivity contribution in [3.8, 4) is 5.75 Å². The lowest BCUT2D eigenvalue weighted by molar-refractivity contribution is -0.131. The Morgan fingerprint density at radius 2 is 2.00 bits per heavy atom. The molecule has 1 saturated heterocycles. The van der Waals surface area contributed by atoms with Crippen LogP contribution in [-0.2, 0) is 4.79 Å². The van der Waals surface area contributed by atoms with Gasteiger partial charge in [0.2, 0.25) is 0 Å². The molecule has 0 aromatic heterocycles. The summed E-state index contributed by atoms with van der Waals surface area (Å²) < 4.78 is 4.98. The molecule has 1 atom stereocenters. The minimum atomic E-state index is -0.287. The molecule has 0 unspecified atom stereocenters. The summed E-state index contributed by atoms with van der Waals surface area (Å²) in [5.41, 5.74) is 1.21. The van der Waals surface area contributed by atoms with Crippen LogP contribution in [0.15, 0.2) is 24.3 Å². The lowest BCUT2D eigenvalue weighted by atomic mass is 10.1. The van der Waals surface area contributed by atoms with Gasteiger partial charge < -0.3 is 15.4 Å². The molecule has 1 aromatic carbocycles. The Morgan fingerprint density at radius 1 is 1.29 bits per heavy atom. The van der Waals surface area contributed by atoms with E-state index >= 15 is 0 Å². The summed E-state index contributed by atoms with van der Waals surface area (Å²) in [5, 5.41) is 6.76. The number of rotatable bonds is 2. The van der Waals surface area contributed by atoms with Gasteiger partial charge in [-0.25, -0.2) is 0 Å². The molecule has 0 aliphatic carbocycles. The molecule has 2 N–H and O–H groups in total. The lowest BCUT2D eigenvalue weighted by Gasteiger charge is -2.24. The molecule has 0 radical (unpaired) electrons. The Balaban J connectivity index is 0.00000144. The molecule has 1 aliphatic heterocycles. The molecule has 1 aromatic rings. The number of hydrogen-bond donors (Lipinski definition) is 2. The molecule has 1 fully saturated rings. The van der Waals surface area contributed by atoms with Gasteiger partial charge in [0, 0.05) is 32.6 Å². The molecule has 0 spiro atoms. The van der Waals surface area contributed by atoms with Crippen molar-refractivity contribution in [2.45, 2.75) is 13.0 Å². The monoisotopic (exact) mass is 256 g/mol. The highest BCUT2D eigenvalue weighted by molar-refractivity contribution is 5.85. The van der Waals surface area contributed by atoms with Crippen molar-refractivity contribution < 1.29 is 9.53 Å². The van der Waals surface area contributed by atoms with Crippen LogP contribution in [0.1, 0.15) is 18.5 Å². The Morgan fingerprint density at radius 3 is 2.53 bits per heavy atom. The minimum Gasteiger partial charge on any atom is -0.427 e. The van der Waals surface area contributed by atoms with Gasteiger partial charge in [0.25, 0.3) is 0 Å².